The van der Waals surface area contributed by atoms with Crippen LogP contribution in [0.5, 0.6) is 0 Å². The Labute approximate surface area is 197 Å². The molecule has 3 nitrogen and oxygen atoms in total. The molecule has 186 valence electrons. The zero-order valence-corrected chi connectivity index (χ0v) is 21.4. The topological polar surface area (TPSA) is 27.7 Å². The van der Waals surface area contributed by atoms with Crippen LogP contribution in [0, 0.1) is 5.82 Å². The summed E-state index contributed by atoms with van der Waals surface area (Å²) in [5.74, 6) is -0.166. The van der Waals surface area contributed by atoms with Crippen LogP contribution < -0.4 is 0 Å². The minimum atomic E-state index is -0.594. The van der Waals surface area contributed by atoms with Crippen LogP contribution in [0.4, 0.5) is 4.39 Å². The third kappa shape index (κ3) is 15.8. The van der Waals surface area contributed by atoms with Gasteiger partial charge in [-0.25, -0.2) is 4.39 Å². The molecule has 0 radical (unpaired) electrons. The van der Waals surface area contributed by atoms with Crippen molar-refractivity contribution in [2.45, 2.75) is 143 Å². The molecule has 1 aromatic rings. The SMILES string of the molecule is CCCCCCCCCC(CCCCCc1ccc(F)cc1)OC(OC(C)C)OC(C)C. The number of aryl methyl sites for hydroxylation is 1. The predicted octanol–water partition coefficient (Wildman–Crippen LogP) is 8.59. The number of unbranched alkanes of at least 4 members (excludes halogenated alkanes) is 8. The first-order valence-electron chi connectivity index (χ1n) is 13.1. The van der Waals surface area contributed by atoms with Crippen molar-refractivity contribution in [2.75, 3.05) is 0 Å². The maximum absolute atomic E-state index is 13.1. The summed E-state index contributed by atoms with van der Waals surface area (Å²) < 4.78 is 31.1. The first-order valence-corrected chi connectivity index (χ1v) is 13.1. The molecule has 1 rings (SSSR count). The van der Waals surface area contributed by atoms with E-state index in [1.165, 1.54) is 50.5 Å². The molecule has 0 bridgehead atoms. The highest BCUT2D eigenvalue weighted by molar-refractivity contribution is 5.15. The van der Waals surface area contributed by atoms with Crippen molar-refractivity contribution in [1.82, 2.24) is 0 Å². The predicted molar refractivity (Wildman–Crippen MR) is 132 cm³/mol. The Bertz CT molecular complexity index is 534. The molecule has 0 aliphatic carbocycles. The summed E-state index contributed by atoms with van der Waals surface area (Å²) in [6, 6.07) is 6.87. The van der Waals surface area contributed by atoms with E-state index >= 15 is 0 Å². The van der Waals surface area contributed by atoms with Crippen LogP contribution in [0.3, 0.4) is 0 Å². The monoisotopic (exact) mass is 452 g/mol. The fraction of sp³-hybridized carbons (Fsp3) is 0.786. The first kappa shape index (κ1) is 29.1. The average Bonchev–Trinajstić information content (AvgIpc) is 2.73. The fourth-order valence-corrected chi connectivity index (χ4v) is 3.84. The second-order valence-corrected chi connectivity index (χ2v) is 9.55. The third-order valence-electron chi connectivity index (χ3n) is 5.60. The lowest BCUT2D eigenvalue weighted by Crippen LogP contribution is -2.31. The molecule has 0 saturated heterocycles. The van der Waals surface area contributed by atoms with Crippen LogP contribution in [0.25, 0.3) is 0 Å². The van der Waals surface area contributed by atoms with E-state index in [-0.39, 0.29) is 24.1 Å². The smallest absolute Gasteiger partial charge is 0.272 e. The van der Waals surface area contributed by atoms with Crippen molar-refractivity contribution >= 4 is 0 Å². The van der Waals surface area contributed by atoms with Crippen LogP contribution in [-0.4, -0.2) is 24.8 Å². The van der Waals surface area contributed by atoms with Crippen LogP contribution in [-0.2, 0) is 20.6 Å². The van der Waals surface area contributed by atoms with Crippen LogP contribution >= 0.6 is 0 Å². The zero-order chi connectivity index (χ0) is 23.6. The van der Waals surface area contributed by atoms with Gasteiger partial charge < -0.3 is 14.2 Å². The van der Waals surface area contributed by atoms with Gasteiger partial charge in [-0.2, -0.15) is 0 Å². The lowest BCUT2D eigenvalue weighted by Gasteiger charge is -2.27. The molecule has 0 aliphatic heterocycles. The van der Waals surface area contributed by atoms with Crippen molar-refractivity contribution in [3.05, 3.63) is 35.6 Å². The highest BCUT2D eigenvalue weighted by atomic mass is 19.1. The van der Waals surface area contributed by atoms with Crippen LogP contribution in [0.1, 0.15) is 117 Å². The molecule has 0 saturated carbocycles. The molecule has 0 N–H and O–H groups in total. The van der Waals surface area contributed by atoms with Gasteiger partial charge in [-0.1, -0.05) is 76.8 Å². The molecule has 1 atom stereocenters. The standard InChI is InChI=1S/C28H49FO3/c1-6-7-8-9-10-11-14-17-27(32-28(30-23(2)3)31-24(4)5)18-15-12-13-16-25-19-21-26(29)22-20-25/h19-24,27-28H,6-18H2,1-5H3. The first-order chi connectivity index (χ1) is 15.4. The third-order valence-corrected chi connectivity index (χ3v) is 5.60. The molecule has 1 unspecified atom stereocenters. The van der Waals surface area contributed by atoms with Gasteiger partial charge in [0.1, 0.15) is 5.82 Å². The van der Waals surface area contributed by atoms with Gasteiger partial charge in [0, 0.05) is 0 Å². The quantitative estimate of drug-likeness (QED) is 0.146. The molecule has 0 amide bonds. The summed E-state index contributed by atoms with van der Waals surface area (Å²) in [7, 11) is 0. The van der Waals surface area contributed by atoms with E-state index in [1.54, 1.807) is 12.1 Å². The van der Waals surface area contributed by atoms with Crippen molar-refractivity contribution < 1.29 is 18.6 Å². The molecule has 0 aromatic heterocycles. The summed E-state index contributed by atoms with van der Waals surface area (Å²) in [6.07, 6.45) is 15.9. The Kier molecular flexibility index (Phi) is 16.8. The van der Waals surface area contributed by atoms with Crippen LogP contribution in [0.2, 0.25) is 0 Å². The number of hydrogen-bond donors (Lipinski definition) is 0. The highest BCUT2D eigenvalue weighted by Gasteiger charge is 2.20. The van der Waals surface area contributed by atoms with Crippen molar-refractivity contribution in [3.8, 4) is 0 Å². The van der Waals surface area contributed by atoms with E-state index in [4.69, 9.17) is 14.2 Å². The van der Waals surface area contributed by atoms with E-state index in [2.05, 4.69) is 6.92 Å². The maximum Gasteiger partial charge on any atom is 0.272 e. The number of ether oxygens (including phenoxy) is 3. The van der Waals surface area contributed by atoms with Gasteiger partial charge in [0.2, 0.25) is 0 Å². The maximum atomic E-state index is 13.1. The van der Waals surface area contributed by atoms with Gasteiger partial charge in [0.05, 0.1) is 18.3 Å². The van der Waals surface area contributed by atoms with E-state index in [0.717, 1.165) is 38.5 Å². The van der Waals surface area contributed by atoms with Crippen molar-refractivity contribution in [3.63, 3.8) is 0 Å². The Morgan fingerprint density at radius 2 is 1.16 bits per heavy atom. The summed E-state index contributed by atoms with van der Waals surface area (Å²) in [6.45, 7) is 9.73. The van der Waals surface area contributed by atoms with Crippen LogP contribution in [0.15, 0.2) is 24.3 Å². The molecule has 32 heavy (non-hydrogen) atoms. The van der Waals surface area contributed by atoms with Gasteiger partial charge in [-0.15, -0.1) is 0 Å². The van der Waals surface area contributed by atoms with Gasteiger partial charge in [-0.3, -0.25) is 0 Å². The molecule has 0 heterocycles. The molecule has 4 heteroatoms. The molecule has 0 aliphatic rings. The molecule has 0 spiro atoms. The normalized spacial score (nSPS) is 12.9. The van der Waals surface area contributed by atoms with Gasteiger partial charge >= 0.3 is 0 Å². The second kappa shape index (κ2) is 18.5. The molecule has 0 fully saturated rings. The minimum Gasteiger partial charge on any atom is -0.327 e. The highest BCUT2D eigenvalue weighted by Crippen LogP contribution is 2.20. The van der Waals surface area contributed by atoms with E-state index in [0.29, 0.717) is 0 Å². The van der Waals surface area contributed by atoms with Crippen molar-refractivity contribution in [2.24, 2.45) is 0 Å². The number of hydrogen-bond acceptors (Lipinski definition) is 3. The summed E-state index contributed by atoms with van der Waals surface area (Å²) in [5, 5.41) is 0. The fourth-order valence-electron chi connectivity index (χ4n) is 3.84. The van der Waals surface area contributed by atoms with E-state index in [9.17, 15) is 4.39 Å². The summed E-state index contributed by atoms with van der Waals surface area (Å²) in [4.78, 5) is 0. The van der Waals surface area contributed by atoms with Gasteiger partial charge in [0.15, 0.2) is 0 Å². The lowest BCUT2D eigenvalue weighted by atomic mass is 10.0. The summed E-state index contributed by atoms with van der Waals surface area (Å²) >= 11 is 0. The molecular formula is C28H49FO3. The minimum absolute atomic E-state index is 0.0636. The van der Waals surface area contributed by atoms with Crippen molar-refractivity contribution in [1.29, 1.82) is 0 Å². The Morgan fingerprint density at radius 1 is 0.656 bits per heavy atom. The van der Waals surface area contributed by atoms with Gasteiger partial charge in [0.25, 0.3) is 6.48 Å². The van der Waals surface area contributed by atoms with E-state index < -0.39 is 6.48 Å². The number of benzene rings is 1. The average molecular weight is 453 g/mol. The second-order valence-electron chi connectivity index (χ2n) is 9.55. The Hall–Kier alpha value is -0.970. The number of halogens is 1. The molecule has 1 aromatic carbocycles. The lowest BCUT2D eigenvalue weighted by molar-refractivity contribution is -0.327. The summed E-state index contributed by atoms with van der Waals surface area (Å²) in [5.41, 5.74) is 1.21. The number of rotatable bonds is 20. The largest absolute Gasteiger partial charge is 0.327 e. The van der Waals surface area contributed by atoms with Gasteiger partial charge in [-0.05, 0) is 71.1 Å². The zero-order valence-electron chi connectivity index (χ0n) is 21.4. The van der Waals surface area contributed by atoms with E-state index in [1.807, 2.05) is 39.8 Å². The Balaban J connectivity index is 2.43. The molecular weight excluding hydrogens is 403 g/mol. The Morgan fingerprint density at radius 3 is 1.69 bits per heavy atom.